The Kier molecular flexibility index (Phi) is 5.51. The second-order valence-corrected chi connectivity index (χ2v) is 8.88. The number of amides is 1. The van der Waals surface area contributed by atoms with Gasteiger partial charge in [0.25, 0.3) is 5.56 Å². The molecule has 9 nitrogen and oxygen atoms in total. The molecule has 3 heterocycles. The van der Waals surface area contributed by atoms with Gasteiger partial charge in [-0.25, -0.2) is 9.78 Å². The van der Waals surface area contributed by atoms with Crippen LogP contribution in [-0.4, -0.2) is 29.6 Å². The van der Waals surface area contributed by atoms with E-state index in [2.05, 4.69) is 34.3 Å². The van der Waals surface area contributed by atoms with Gasteiger partial charge in [-0.1, -0.05) is 6.07 Å². The summed E-state index contributed by atoms with van der Waals surface area (Å²) in [6.07, 6.45) is 0. The molecule has 4 aromatic rings. The van der Waals surface area contributed by atoms with Crippen LogP contribution in [0, 0.1) is 20.8 Å². The summed E-state index contributed by atoms with van der Waals surface area (Å²) in [5.74, 6) is -0.417. The van der Waals surface area contributed by atoms with Gasteiger partial charge in [0.1, 0.15) is 6.54 Å². The van der Waals surface area contributed by atoms with Crippen LogP contribution < -0.4 is 16.6 Å². The van der Waals surface area contributed by atoms with Crippen LogP contribution in [-0.2, 0) is 25.4 Å². The van der Waals surface area contributed by atoms with E-state index in [0.717, 1.165) is 21.4 Å². The van der Waals surface area contributed by atoms with Crippen LogP contribution in [0.25, 0.3) is 22.4 Å². The molecule has 0 atom stereocenters. The summed E-state index contributed by atoms with van der Waals surface area (Å²) in [7, 11) is 2.85. The maximum Gasteiger partial charge on any atom is 0.332 e. The third-order valence-corrected chi connectivity index (χ3v) is 6.52. The summed E-state index contributed by atoms with van der Waals surface area (Å²) in [6, 6.07) is 4.20. The zero-order valence-electron chi connectivity index (χ0n) is 18.2. The quantitative estimate of drug-likeness (QED) is 0.460. The lowest BCUT2D eigenvalue weighted by molar-refractivity contribution is -0.116. The first-order valence-corrected chi connectivity index (χ1v) is 11.0. The van der Waals surface area contributed by atoms with Crippen LogP contribution in [0.1, 0.15) is 16.7 Å². The summed E-state index contributed by atoms with van der Waals surface area (Å²) in [6.45, 7) is 5.89. The predicted molar refractivity (Wildman–Crippen MR) is 126 cm³/mol. The second-order valence-electron chi connectivity index (χ2n) is 7.68. The Morgan fingerprint density at radius 3 is 2.47 bits per heavy atom. The SMILES string of the molecule is Cc1cc(C)c(-c2csc(NC(=O)Cn3c(Cl)nc4c3c(=O)n(C)c(=O)n4C)n2)cc1C. The topological polar surface area (TPSA) is 104 Å². The van der Waals surface area contributed by atoms with Gasteiger partial charge in [0.15, 0.2) is 16.3 Å². The predicted octanol–water partition coefficient (Wildman–Crippen LogP) is 2.77. The van der Waals surface area contributed by atoms with Crippen LogP contribution in [0.3, 0.4) is 0 Å². The number of carbonyl (C=O) groups is 1. The maximum atomic E-state index is 12.7. The molecular formula is C21H21ClN6O3S. The van der Waals surface area contributed by atoms with E-state index in [1.54, 1.807) is 0 Å². The van der Waals surface area contributed by atoms with Crippen LogP contribution in [0.4, 0.5) is 5.13 Å². The van der Waals surface area contributed by atoms with Gasteiger partial charge in [-0.3, -0.25) is 23.3 Å². The fraction of sp³-hybridized carbons (Fsp3) is 0.286. The van der Waals surface area contributed by atoms with E-state index in [0.29, 0.717) is 5.13 Å². The van der Waals surface area contributed by atoms with Gasteiger partial charge in [-0.15, -0.1) is 11.3 Å². The summed E-state index contributed by atoms with van der Waals surface area (Å²) < 4.78 is 3.46. The van der Waals surface area contributed by atoms with Crippen molar-refractivity contribution in [3.63, 3.8) is 0 Å². The van der Waals surface area contributed by atoms with Crippen molar-refractivity contribution in [1.29, 1.82) is 0 Å². The second kappa shape index (κ2) is 8.03. The number of anilines is 1. The molecule has 0 saturated heterocycles. The number of nitrogens with zero attached hydrogens (tertiary/aromatic N) is 5. The van der Waals surface area contributed by atoms with Gasteiger partial charge in [-0.2, -0.15) is 4.98 Å². The molecule has 0 aliphatic heterocycles. The van der Waals surface area contributed by atoms with Crippen molar-refractivity contribution in [2.75, 3.05) is 5.32 Å². The first-order valence-electron chi connectivity index (χ1n) is 9.73. The molecule has 11 heteroatoms. The number of rotatable bonds is 4. The van der Waals surface area contributed by atoms with Crippen molar-refractivity contribution < 1.29 is 4.79 Å². The van der Waals surface area contributed by atoms with Crippen molar-refractivity contribution >= 4 is 45.1 Å². The smallest absolute Gasteiger partial charge is 0.300 e. The van der Waals surface area contributed by atoms with Gasteiger partial charge in [0, 0.05) is 25.0 Å². The number of halogens is 1. The fourth-order valence-electron chi connectivity index (χ4n) is 3.56. The normalized spacial score (nSPS) is 11.3. The average Bonchev–Trinajstić information content (AvgIpc) is 3.32. The molecule has 4 rings (SSSR count). The number of imidazole rings is 1. The zero-order chi connectivity index (χ0) is 23.3. The summed E-state index contributed by atoms with van der Waals surface area (Å²) in [5.41, 5.74) is 4.39. The molecule has 3 aromatic heterocycles. The minimum atomic E-state index is -0.572. The number of hydrogen-bond acceptors (Lipinski definition) is 6. The third-order valence-electron chi connectivity index (χ3n) is 5.47. The molecule has 166 valence electrons. The van der Waals surface area contributed by atoms with E-state index < -0.39 is 17.2 Å². The summed E-state index contributed by atoms with van der Waals surface area (Å²) in [4.78, 5) is 46.1. The van der Waals surface area contributed by atoms with E-state index in [-0.39, 0.29) is 23.0 Å². The number of benzene rings is 1. The highest BCUT2D eigenvalue weighted by Gasteiger charge is 2.20. The minimum absolute atomic E-state index is 0.0565. The van der Waals surface area contributed by atoms with Crippen LogP contribution >= 0.6 is 22.9 Å². The molecule has 0 spiro atoms. The van der Waals surface area contributed by atoms with Gasteiger partial charge in [0.2, 0.25) is 11.2 Å². The van der Waals surface area contributed by atoms with E-state index in [1.165, 1.54) is 45.7 Å². The Balaban J connectivity index is 1.62. The molecule has 1 N–H and O–H groups in total. The molecule has 1 aromatic carbocycles. The number of nitrogens with one attached hydrogen (secondary N) is 1. The molecule has 0 saturated carbocycles. The fourth-order valence-corrected chi connectivity index (χ4v) is 4.51. The number of fused-ring (bicyclic) bond motifs is 1. The van der Waals surface area contributed by atoms with E-state index in [4.69, 9.17) is 11.6 Å². The Labute approximate surface area is 191 Å². The van der Waals surface area contributed by atoms with Crippen LogP contribution in [0.5, 0.6) is 0 Å². The van der Waals surface area contributed by atoms with Gasteiger partial charge >= 0.3 is 5.69 Å². The highest BCUT2D eigenvalue weighted by atomic mass is 35.5. The molecule has 32 heavy (non-hydrogen) atoms. The molecular weight excluding hydrogens is 452 g/mol. The number of carbonyl (C=O) groups excluding carboxylic acids is 1. The summed E-state index contributed by atoms with van der Waals surface area (Å²) >= 11 is 7.50. The molecule has 0 aliphatic rings. The van der Waals surface area contributed by atoms with Crippen molar-refractivity contribution in [3.8, 4) is 11.3 Å². The lowest BCUT2D eigenvalue weighted by Crippen LogP contribution is -2.37. The third kappa shape index (κ3) is 3.65. The lowest BCUT2D eigenvalue weighted by Gasteiger charge is -2.08. The zero-order valence-corrected chi connectivity index (χ0v) is 19.8. The molecule has 0 bridgehead atoms. The molecule has 1 amide bonds. The minimum Gasteiger partial charge on any atom is -0.300 e. The first kappa shape index (κ1) is 22.0. The monoisotopic (exact) mass is 472 g/mol. The Bertz CT molecular complexity index is 1510. The van der Waals surface area contributed by atoms with Crippen LogP contribution in [0.2, 0.25) is 5.28 Å². The Hall–Kier alpha value is -3.24. The number of hydrogen-bond donors (Lipinski definition) is 1. The average molecular weight is 473 g/mol. The Morgan fingerprint density at radius 1 is 1.06 bits per heavy atom. The van der Waals surface area contributed by atoms with Crippen LogP contribution in [0.15, 0.2) is 27.1 Å². The van der Waals surface area contributed by atoms with Gasteiger partial charge in [-0.05, 0) is 55.1 Å². The van der Waals surface area contributed by atoms with Crippen molar-refractivity contribution in [1.82, 2.24) is 23.7 Å². The van der Waals surface area contributed by atoms with Gasteiger partial charge in [0.05, 0.1) is 5.69 Å². The summed E-state index contributed by atoms with van der Waals surface area (Å²) in [5, 5.41) is 5.02. The Morgan fingerprint density at radius 2 is 1.75 bits per heavy atom. The maximum absolute atomic E-state index is 12.7. The van der Waals surface area contributed by atoms with Crippen molar-refractivity contribution in [3.05, 3.63) is 60.3 Å². The lowest BCUT2D eigenvalue weighted by atomic mass is 9.99. The standard InChI is InChI=1S/C21H21ClN6O3S/c1-10-6-12(3)13(7-11(10)2)14-9-32-20(23-14)24-15(29)8-28-16-17(25-19(28)22)26(4)21(31)27(5)18(16)30/h6-7,9H,8H2,1-5H3,(H,23,24,29). The highest BCUT2D eigenvalue weighted by Crippen LogP contribution is 2.29. The number of aryl methyl sites for hydroxylation is 4. The van der Waals surface area contributed by atoms with Crippen molar-refractivity contribution in [2.45, 2.75) is 27.3 Å². The number of aromatic nitrogens is 5. The van der Waals surface area contributed by atoms with Gasteiger partial charge < -0.3 is 5.32 Å². The first-order chi connectivity index (χ1) is 15.1. The highest BCUT2D eigenvalue weighted by molar-refractivity contribution is 7.14. The van der Waals surface area contributed by atoms with E-state index >= 15 is 0 Å². The largest absolute Gasteiger partial charge is 0.332 e. The number of thiazole rings is 1. The van der Waals surface area contributed by atoms with E-state index in [9.17, 15) is 14.4 Å². The van der Waals surface area contributed by atoms with E-state index in [1.807, 2.05) is 19.2 Å². The molecule has 0 fully saturated rings. The molecule has 0 aliphatic carbocycles. The molecule has 0 radical (unpaired) electrons. The van der Waals surface area contributed by atoms with Crippen molar-refractivity contribution in [2.24, 2.45) is 14.1 Å². The molecule has 0 unspecified atom stereocenters.